The zero-order valence-electron chi connectivity index (χ0n) is 18.4. The van der Waals surface area contributed by atoms with E-state index in [4.69, 9.17) is 0 Å². The molecule has 0 unspecified atom stereocenters. The van der Waals surface area contributed by atoms with Crippen LogP contribution >= 0.6 is 0 Å². The van der Waals surface area contributed by atoms with Gasteiger partial charge in [-0.1, -0.05) is 20.8 Å². The predicted octanol–water partition coefficient (Wildman–Crippen LogP) is -1.46. The van der Waals surface area contributed by atoms with Crippen LogP contribution in [0.4, 0.5) is 10.1 Å². The Hall–Kier alpha value is -1.26. The molecule has 1 aromatic carbocycles. The summed E-state index contributed by atoms with van der Waals surface area (Å²) in [5.41, 5.74) is -0.755. The molecular weight excluding hydrogens is 428 g/mol. The number of aromatic carboxylic acids is 1. The second kappa shape index (κ2) is 8.94. The van der Waals surface area contributed by atoms with Gasteiger partial charge in [0.2, 0.25) is 5.91 Å². The SMILES string of the molecule is CC(C)(C)C(=O)N1CCN(c2cc3c(cc2F)c(=O)c(C(=O)[O-])cn3C2CC2)CC1.[K+]. The number of pyridine rings is 1. The van der Waals surface area contributed by atoms with Crippen molar-refractivity contribution in [3.8, 4) is 0 Å². The smallest absolute Gasteiger partial charge is 0.545 e. The van der Waals surface area contributed by atoms with E-state index in [1.54, 1.807) is 15.5 Å². The number of anilines is 1. The fraction of sp³-hybridized carbons (Fsp3) is 0.500. The maximum atomic E-state index is 15.0. The summed E-state index contributed by atoms with van der Waals surface area (Å²) < 4.78 is 16.7. The van der Waals surface area contributed by atoms with Crippen LogP contribution in [0.15, 0.2) is 23.1 Å². The number of benzene rings is 1. The number of carbonyl (C=O) groups excluding carboxylic acids is 2. The number of rotatable bonds is 3. The van der Waals surface area contributed by atoms with E-state index in [9.17, 15) is 23.9 Å². The number of fused-ring (bicyclic) bond motifs is 1. The van der Waals surface area contributed by atoms with Crippen LogP contribution in [0.1, 0.15) is 50.0 Å². The van der Waals surface area contributed by atoms with Gasteiger partial charge >= 0.3 is 51.4 Å². The Bertz CT molecular complexity index is 1100. The Kier molecular flexibility index (Phi) is 7.03. The molecule has 1 aliphatic carbocycles. The average Bonchev–Trinajstić information content (AvgIpc) is 3.52. The average molecular weight is 454 g/mol. The summed E-state index contributed by atoms with van der Waals surface area (Å²) in [7, 11) is 0. The Labute approximate surface area is 222 Å². The summed E-state index contributed by atoms with van der Waals surface area (Å²) in [6.07, 6.45) is 3.08. The van der Waals surface area contributed by atoms with Crippen molar-refractivity contribution in [2.45, 2.75) is 39.7 Å². The molecule has 1 saturated heterocycles. The number of aromatic nitrogens is 1. The summed E-state index contributed by atoms with van der Waals surface area (Å²) in [5.74, 6) is -2.06. The molecule has 1 aromatic heterocycles. The van der Waals surface area contributed by atoms with Crippen LogP contribution in [0.25, 0.3) is 10.9 Å². The zero-order valence-corrected chi connectivity index (χ0v) is 21.5. The molecule has 4 rings (SSSR count). The van der Waals surface area contributed by atoms with Crippen LogP contribution < -0.4 is 66.8 Å². The molecular formula is C22H25FKN3O4. The molecule has 2 heterocycles. The minimum absolute atomic E-state index is 0. The van der Waals surface area contributed by atoms with Gasteiger partial charge in [-0.3, -0.25) is 9.59 Å². The third-order valence-electron chi connectivity index (χ3n) is 5.81. The zero-order chi connectivity index (χ0) is 21.8. The van der Waals surface area contributed by atoms with Crippen molar-refractivity contribution in [3.05, 3.63) is 39.9 Å². The van der Waals surface area contributed by atoms with E-state index in [-0.39, 0.29) is 68.7 Å². The van der Waals surface area contributed by atoms with Crippen LogP contribution in [0.3, 0.4) is 0 Å². The van der Waals surface area contributed by atoms with Crippen molar-refractivity contribution in [2.75, 3.05) is 31.1 Å². The van der Waals surface area contributed by atoms with E-state index >= 15 is 0 Å². The van der Waals surface area contributed by atoms with Gasteiger partial charge in [-0.05, 0) is 25.0 Å². The third-order valence-corrected chi connectivity index (χ3v) is 5.81. The van der Waals surface area contributed by atoms with E-state index in [1.807, 2.05) is 25.7 Å². The summed E-state index contributed by atoms with van der Waals surface area (Å²) in [4.78, 5) is 40.1. The molecule has 160 valence electrons. The van der Waals surface area contributed by atoms with Crippen LogP contribution in [-0.2, 0) is 4.79 Å². The number of carboxylic acid groups (broad SMARTS) is 1. The largest absolute Gasteiger partial charge is 1.00 e. The second-order valence-corrected chi connectivity index (χ2v) is 9.15. The molecule has 2 aliphatic rings. The monoisotopic (exact) mass is 453 g/mol. The quantitative estimate of drug-likeness (QED) is 0.531. The number of carboxylic acids is 1. The predicted molar refractivity (Wildman–Crippen MR) is 109 cm³/mol. The molecule has 0 bridgehead atoms. The van der Waals surface area contributed by atoms with Gasteiger partial charge in [0.15, 0.2) is 5.43 Å². The Morgan fingerprint density at radius 2 is 1.71 bits per heavy atom. The topological polar surface area (TPSA) is 85.7 Å². The van der Waals surface area contributed by atoms with Gasteiger partial charge in [0, 0.05) is 49.2 Å². The Balaban J connectivity index is 0.00000272. The summed E-state index contributed by atoms with van der Waals surface area (Å²) >= 11 is 0. The van der Waals surface area contributed by atoms with E-state index < -0.39 is 28.2 Å². The van der Waals surface area contributed by atoms with Crippen LogP contribution in [0.2, 0.25) is 0 Å². The Morgan fingerprint density at radius 3 is 2.23 bits per heavy atom. The molecule has 0 atom stereocenters. The van der Waals surface area contributed by atoms with Crippen molar-refractivity contribution >= 4 is 28.5 Å². The number of hydrogen-bond acceptors (Lipinski definition) is 5. The maximum absolute atomic E-state index is 15.0. The van der Waals surface area contributed by atoms with E-state index in [2.05, 4.69) is 0 Å². The molecule has 2 aromatic rings. The van der Waals surface area contributed by atoms with Crippen molar-refractivity contribution in [3.63, 3.8) is 0 Å². The Morgan fingerprint density at radius 1 is 1.10 bits per heavy atom. The minimum Gasteiger partial charge on any atom is -0.545 e. The first kappa shape index (κ1) is 24.4. The maximum Gasteiger partial charge on any atom is 1.00 e. The third kappa shape index (κ3) is 4.75. The normalized spacial score (nSPS) is 16.9. The molecule has 1 amide bonds. The van der Waals surface area contributed by atoms with Crippen LogP contribution in [0.5, 0.6) is 0 Å². The molecule has 0 radical (unpaired) electrons. The standard InChI is InChI=1S/C22H26FN3O4.K/c1-22(2,3)21(30)25-8-6-24(7-9-25)18-11-17-14(10-16(18)23)19(27)15(20(28)29)12-26(17)13-4-5-13;/h10-13H,4-9H2,1-3H3,(H,28,29);/q;+1/p-1. The number of piperazine rings is 1. The first-order valence-corrected chi connectivity index (χ1v) is 10.2. The molecule has 0 N–H and O–H groups in total. The summed E-state index contributed by atoms with van der Waals surface area (Å²) in [6, 6.07) is 2.86. The molecule has 31 heavy (non-hydrogen) atoms. The number of halogens is 1. The van der Waals surface area contributed by atoms with Crippen molar-refractivity contribution < 1.29 is 70.5 Å². The van der Waals surface area contributed by atoms with Crippen molar-refractivity contribution in [1.82, 2.24) is 9.47 Å². The van der Waals surface area contributed by atoms with Crippen molar-refractivity contribution in [1.29, 1.82) is 0 Å². The summed E-state index contributed by atoms with van der Waals surface area (Å²) in [5, 5.41) is 11.4. The molecule has 1 saturated carbocycles. The fourth-order valence-electron chi connectivity index (χ4n) is 4.03. The molecule has 0 spiro atoms. The number of amides is 1. The van der Waals surface area contributed by atoms with Gasteiger partial charge in [0.1, 0.15) is 5.82 Å². The van der Waals surface area contributed by atoms with Crippen molar-refractivity contribution in [2.24, 2.45) is 5.41 Å². The van der Waals surface area contributed by atoms with Gasteiger partial charge in [-0.2, -0.15) is 0 Å². The molecule has 9 heteroatoms. The van der Waals surface area contributed by atoms with Crippen LogP contribution in [0, 0.1) is 11.2 Å². The van der Waals surface area contributed by atoms with Gasteiger partial charge in [0.05, 0.1) is 22.7 Å². The van der Waals surface area contributed by atoms with Gasteiger partial charge in [-0.15, -0.1) is 0 Å². The van der Waals surface area contributed by atoms with E-state index in [0.29, 0.717) is 37.4 Å². The molecule has 1 aliphatic heterocycles. The second-order valence-electron chi connectivity index (χ2n) is 9.15. The van der Waals surface area contributed by atoms with Gasteiger partial charge < -0.3 is 24.3 Å². The van der Waals surface area contributed by atoms with Gasteiger partial charge in [-0.25, -0.2) is 4.39 Å². The van der Waals surface area contributed by atoms with E-state index in [1.165, 1.54) is 6.20 Å². The number of nitrogens with zero attached hydrogens (tertiary/aromatic N) is 3. The molecule has 2 fully saturated rings. The first-order chi connectivity index (χ1) is 14.1. The number of carbonyl (C=O) groups is 2. The van der Waals surface area contributed by atoms with Crippen LogP contribution in [-0.4, -0.2) is 47.5 Å². The fourth-order valence-corrected chi connectivity index (χ4v) is 4.03. The number of hydrogen-bond donors (Lipinski definition) is 0. The minimum atomic E-state index is -1.56. The summed E-state index contributed by atoms with van der Waals surface area (Å²) in [6.45, 7) is 7.58. The van der Waals surface area contributed by atoms with E-state index in [0.717, 1.165) is 18.9 Å². The first-order valence-electron chi connectivity index (χ1n) is 10.2. The van der Waals surface area contributed by atoms with Gasteiger partial charge in [0.25, 0.3) is 0 Å². The molecule has 7 nitrogen and oxygen atoms in total.